The van der Waals surface area contributed by atoms with Crippen LogP contribution in [0.1, 0.15) is 46.4 Å². The molecule has 2 aromatic carbocycles. The van der Waals surface area contributed by atoms with Gasteiger partial charge in [-0.25, -0.2) is 4.79 Å². The second-order valence-electron chi connectivity index (χ2n) is 7.14. The Morgan fingerprint density at radius 3 is 2.18 bits per heavy atom. The first kappa shape index (κ1) is 18.2. The lowest BCUT2D eigenvalue weighted by molar-refractivity contribution is 0.0600. The molecule has 28 heavy (non-hydrogen) atoms. The van der Waals surface area contributed by atoms with Crippen LogP contribution in [-0.2, 0) is 16.8 Å². The van der Waals surface area contributed by atoms with Gasteiger partial charge in [0.15, 0.2) is 0 Å². The van der Waals surface area contributed by atoms with Crippen molar-refractivity contribution in [1.82, 2.24) is 4.98 Å². The third-order valence-corrected chi connectivity index (χ3v) is 5.59. The van der Waals surface area contributed by atoms with E-state index in [1.807, 2.05) is 42.5 Å². The molecule has 0 amide bonds. The summed E-state index contributed by atoms with van der Waals surface area (Å²) in [5.41, 5.74) is 4.05. The summed E-state index contributed by atoms with van der Waals surface area (Å²) in [4.78, 5) is 16.0. The Bertz CT molecular complexity index is 930. The molecule has 0 saturated heterocycles. The van der Waals surface area contributed by atoms with Crippen molar-refractivity contribution < 1.29 is 14.3 Å². The molecule has 3 aromatic rings. The van der Waals surface area contributed by atoms with Crippen LogP contribution in [0.2, 0.25) is 0 Å². The van der Waals surface area contributed by atoms with E-state index < -0.39 is 0 Å². The number of hydrogen-bond acceptors (Lipinski definition) is 4. The number of pyridine rings is 1. The molecule has 0 N–H and O–H groups in total. The maximum Gasteiger partial charge on any atom is 0.337 e. The number of carbonyl (C=O) groups excluding carboxylic acids is 1. The van der Waals surface area contributed by atoms with Crippen molar-refractivity contribution in [3.63, 3.8) is 0 Å². The molecule has 0 unspecified atom stereocenters. The van der Waals surface area contributed by atoms with Gasteiger partial charge in [0.25, 0.3) is 0 Å². The Morgan fingerprint density at radius 2 is 1.64 bits per heavy atom. The quantitative estimate of drug-likeness (QED) is 0.576. The van der Waals surface area contributed by atoms with Gasteiger partial charge in [-0.2, -0.15) is 0 Å². The molecule has 0 aliphatic heterocycles. The van der Waals surface area contributed by atoms with Gasteiger partial charge in [0.05, 0.1) is 18.4 Å². The van der Waals surface area contributed by atoms with E-state index >= 15 is 0 Å². The van der Waals surface area contributed by atoms with E-state index in [4.69, 9.17) is 9.47 Å². The van der Waals surface area contributed by atoms with Crippen LogP contribution in [0.25, 0.3) is 0 Å². The summed E-state index contributed by atoms with van der Waals surface area (Å²) >= 11 is 0. The van der Waals surface area contributed by atoms with Gasteiger partial charge in [-0.1, -0.05) is 36.8 Å². The van der Waals surface area contributed by atoms with Crippen molar-refractivity contribution >= 4 is 5.97 Å². The SMILES string of the molecule is COC(=O)c1ccc(C2(c3ccc(OCc4ccccn4)cc3)CCC2)cc1. The van der Waals surface area contributed by atoms with Crippen LogP contribution in [0.15, 0.2) is 72.9 Å². The highest BCUT2D eigenvalue weighted by Gasteiger charge is 2.40. The van der Waals surface area contributed by atoms with Gasteiger partial charge < -0.3 is 9.47 Å². The maximum absolute atomic E-state index is 11.7. The predicted molar refractivity (Wildman–Crippen MR) is 107 cm³/mol. The molecule has 4 rings (SSSR count). The molecule has 0 radical (unpaired) electrons. The molecular weight excluding hydrogens is 350 g/mol. The molecule has 1 saturated carbocycles. The number of nitrogens with zero attached hydrogens (tertiary/aromatic N) is 1. The number of esters is 1. The molecule has 1 aliphatic rings. The van der Waals surface area contributed by atoms with Gasteiger partial charge in [0.1, 0.15) is 12.4 Å². The number of ether oxygens (including phenoxy) is 2. The Kier molecular flexibility index (Phi) is 5.11. The predicted octanol–water partition coefficient (Wildman–Crippen LogP) is 4.92. The van der Waals surface area contributed by atoms with Crippen molar-refractivity contribution in [3.8, 4) is 5.75 Å². The number of rotatable bonds is 6. The first-order valence-corrected chi connectivity index (χ1v) is 9.53. The molecule has 0 spiro atoms. The minimum absolute atomic E-state index is 0.0220. The van der Waals surface area contributed by atoms with Crippen LogP contribution >= 0.6 is 0 Å². The standard InChI is InChI=1S/C24H23NO3/c1-27-23(26)18-6-8-19(9-7-18)24(14-4-15-24)20-10-12-22(13-11-20)28-17-21-5-2-3-16-25-21/h2-3,5-13,16H,4,14-15,17H2,1H3. The number of methoxy groups -OCH3 is 1. The topological polar surface area (TPSA) is 48.4 Å². The van der Waals surface area contributed by atoms with Gasteiger partial charge >= 0.3 is 5.97 Å². The van der Waals surface area contributed by atoms with Crippen molar-refractivity contribution in [3.05, 3.63) is 95.3 Å². The number of hydrogen-bond donors (Lipinski definition) is 0. The largest absolute Gasteiger partial charge is 0.487 e. The number of carbonyl (C=O) groups is 1. The van der Waals surface area contributed by atoms with E-state index in [0.717, 1.165) is 24.3 Å². The Labute approximate surface area is 165 Å². The number of benzene rings is 2. The smallest absolute Gasteiger partial charge is 0.337 e. The summed E-state index contributed by atoms with van der Waals surface area (Å²) < 4.78 is 10.7. The van der Waals surface area contributed by atoms with Gasteiger partial charge in [0.2, 0.25) is 0 Å². The Morgan fingerprint density at radius 1 is 0.964 bits per heavy atom. The lowest BCUT2D eigenvalue weighted by atomic mass is 9.60. The lowest BCUT2D eigenvalue weighted by Crippen LogP contribution is -2.35. The van der Waals surface area contributed by atoms with E-state index in [1.165, 1.54) is 24.7 Å². The van der Waals surface area contributed by atoms with E-state index in [-0.39, 0.29) is 11.4 Å². The summed E-state index contributed by atoms with van der Waals surface area (Å²) in [6.07, 6.45) is 5.20. The van der Waals surface area contributed by atoms with E-state index in [9.17, 15) is 4.79 Å². The first-order chi connectivity index (χ1) is 13.7. The monoisotopic (exact) mass is 373 g/mol. The van der Waals surface area contributed by atoms with E-state index in [1.54, 1.807) is 6.20 Å². The molecule has 1 aliphatic carbocycles. The molecule has 1 fully saturated rings. The molecule has 4 heteroatoms. The van der Waals surface area contributed by atoms with Crippen molar-refractivity contribution in [2.45, 2.75) is 31.3 Å². The normalized spacial score (nSPS) is 14.8. The molecule has 0 bridgehead atoms. The number of aromatic nitrogens is 1. The second-order valence-corrected chi connectivity index (χ2v) is 7.14. The van der Waals surface area contributed by atoms with Crippen molar-refractivity contribution in [2.24, 2.45) is 0 Å². The van der Waals surface area contributed by atoms with Gasteiger partial charge in [-0.3, -0.25) is 4.98 Å². The summed E-state index contributed by atoms with van der Waals surface area (Å²) in [5.74, 6) is 0.536. The second kappa shape index (κ2) is 7.85. The third-order valence-electron chi connectivity index (χ3n) is 5.59. The van der Waals surface area contributed by atoms with Gasteiger partial charge in [0, 0.05) is 11.6 Å². The highest BCUT2D eigenvalue weighted by atomic mass is 16.5. The average Bonchev–Trinajstić information content (AvgIpc) is 2.73. The van der Waals surface area contributed by atoms with E-state index in [2.05, 4.69) is 29.2 Å². The fraction of sp³-hybridized carbons (Fsp3) is 0.250. The van der Waals surface area contributed by atoms with Crippen LogP contribution in [-0.4, -0.2) is 18.1 Å². The van der Waals surface area contributed by atoms with Gasteiger partial charge in [-0.15, -0.1) is 0 Å². The minimum atomic E-state index is -0.302. The highest BCUT2D eigenvalue weighted by molar-refractivity contribution is 5.89. The highest BCUT2D eigenvalue weighted by Crippen LogP contribution is 2.49. The molecule has 142 valence electrons. The van der Waals surface area contributed by atoms with Crippen LogP contribution in [0.4, 0.5) is 0 Å². The lowest BCUT2D eigenvalue weighted by Gasteiger charge is -2.43. The van der Waals surface area contributed by atoms with Crippen LogP contribution in [0.3, 0.4) is 0 Å². The zero-order valence-electron chi connectivity index (χ0n) is 15.9. The zero-order chi connectivity index (χ0) is 19.4. The van der Waals surface area contributed by atoms with Crippen LogP contribution in [0, 0.1) is 0 Å². The maximum atomic E-state index is 11.7. The fourth-order valence-electron chi connectivity index (χ4n) is 3.83. The molecule has 4 nitrogen and oxygen atoms in total. The molecule has 1 heterocycles. The van der Waals surface area contributed by atoms with Crippen molar-refractivity contribution in [1.29, 1.82) is 0 Å². The fourth-order valence-corrected chi connectivity index (χ4v) is 3.83. The average molecular weight is 373 g/mol. The summed E-state index contributed by atoms with van der Waals surface area (Å²) in [6, 6.07) is 22.0. The molecular formula is C24H23NO3. The summed E-state index contributed by atoms with van der Waals surface area (Å²) in [7, 11) is 1.40. The van der Waals surface area contributed by atoms with Crippen LogP contribution in [0.5, 0.6) is 5.75 Å². The minimum Gasteiger partial charge on any atom is -0.487 e. The van der Waals surface area contributed by atoms with Crippen LogP contribution < -0.4 is 4.74 Å². The third kappa shape index (κ3) is 3.50. The summed E-state index contributed by atoms with van der Waals surface area (Å²) in [5, 5.41) is 0. The Balaban J connectivity index is 1.51. The first-order valence-electron chi connectivity index (χ1n) is 9.53. The van der Waals surface area contributed by atoms with E-state index in [0.29, 0.717) is 12.2 Å². The van der Waals surface area contributed by atoms with Crippen molar-refractivity contribution in [2.75, 3.05) is 7.11 Å². The van der Waals surface area contributed by atoms with Gasteiger partial charge in [-0.05, 0) is 60.4 Å². The molecule has 0 atom stereocenters. The zero-order valence-corrected chi connectivity index (χ0v) is 15.9. The Hall–Kier alpha value is -3.14. The summed E-state index contributed by atoms with van der Waals surface area (Å²) in [6.45, 7) is 0.459. The molecule has 1 aromatic heterocycles.